The molecule has 2 N–H and O–H groups in total. The van der Waals surface area contributed by atoms with Crippen LogP contribution >= 0.6 is 0 Å². The van der Waals surface area contributed by atoms with E-state index < -0.39 is 11.9 Å². The summed E-state index contributed by atoms with van der Waals surface area (Å²) < 4.78 is 0. The van der Waals surface area contributed by atoms with E-state index in [9.17, 15) is 9.59 Å². The van der Waals surface area contributed by atoms with Crippen LogP contribution < -0.4 is 0 Å². The van der Waals surface area contributed by atoms with E-state index in [-0.39, 0.29) is 27.3 Å². The Bertz CT molecular complexity index is 757. The molecule has 4 nitrogen and oxygen atoms in total. The van der Waals surface area contributed by atoms with E-state index in [0.29, 0.717) is 11.1 Å². The molecule has 0 aromatic heterocycles. The summed E-state index contributed by atoms with van der Waals surface area (Å²) in [5.41, 5.74) is 8.56. The molecule has 0 saturated carbocycles. The molecule has 2 aromatic carbocycles. The Morgan fingerprint density at radius 2 is 0.741 bits per heavy atom. The Kier molecular flexibility index (Phi) is 9.38. The van der Waals surface area contributed by atoms with Gasteiger partial charge in [0.1, 0.15) is 0 Å². The van der Waals surface area contributed by atoms with Crippen LogP contribution in [0.15, 0.2) is 12.1 Å². The summed E-state index contributed by atoms with van der Waals surface area (Å²) in [5.74, 6) is -1.66. The minimum absolute atomic E-state index is 0. The van der Waals surface area contributed by atoms with Gasteiger partial charge in [-0.15, -0.1) is 0 Å². The van der Waals surface area contributed by atoms with Crippen molar-refractivity contribution in [3.8, 4) is 0 Å². The van der Waals surface area contributed by atoms with Gasteiger partial charge in [-0.25, -0.2) is 9.59 Å². The molecule has 0 radical (unpaired) electrons. The van der Waals surface area contributed by atoms with E-state index in [2.05, 4.69) is 0 Å². The van der Waals surface area contributed by atoms with Crippen LogP contribution in [-0.2, 0) is 27.3 Å². The van der Waals surface area contributed by atoms with Crippen LogP contribution in [0.1, 0.15) is 65.2 Å². The van der Waals surface area contributed by atoms with Crippen molar-refractivity contribution in [1.29, 1.82) is 0 Å². The van der Waals surface area contributed by atoms with Crippen molar-refractivity contribution in [2.45, 2.75) is 55.4 Å². The number of aryl methyl sites for hydroxylation is 4. The summed E-state index contributed by atoms with van der Waals surface area (Å²) in [6, 6.07) is 4.05. The van der Waals surface area contributed by atoms with Gasteiger partial charge in [0.05, 0.1) is 11.1 Å². The zero-order valence-electron chi connectivity index (χ0n) is 17.6. The quantitative estimate of drug-likeness (QED) is 0.591. The van der Waals surface area contributed by atoms with Gasteiger partial charge in [0.15, 0.2) is 0 Å². The van der Waals surface area contributed by atoms with E-state index in [1.54, 1.807) is 0 Å². The normalized spacial score (nSPS) is 9.78. The number of rotatable bonds is 2. The molecule has 0 amide bonds. The predicted molar refractivity (Wildman–Crippen MR) is 105 cm³/mol. The number of benzene rings is 2. The average Bonchev–Trinajstić information content (AvgIpc) is 2.51. The molecule has 5 heteroatoms. The molecule has 0 heterocycles. The van der Waals surface area contributed by atoms with Gasteiger partial charge in [0, 0.05) is 27.3 Å². The SMILES string of the molecule is Cc1cc(C)c(C)c(C(=O)O)c1C.Cc1cc(C)c(C)c(C(=O)O)c1C.[Cd]. The van der Waals surface area contributed by atoms with Crippen LogP contribution in [-0.4, -0.2) is 22.2 Å². The van der Waals surface area contributed by atoms with E-state index in [1.165, 1.54) is 0 Å². The van der Waals surface area contributed by atoms with Gasteiger partial charge in [0.2, 0.25) is 0 Å². The minimum atomic E-state index is -0.832. The maximum atomic E-state index is 10.9. The molecule has 2 aromatic rings. The smallest absolute Gasteiger partial charge is 0.336 e. The first-order valence-electron chi connectivity index (χ1n) is 8.51. The van der Waals surface area contributed by atoms with Gasteiger partial charge in [-0.2, -0.15) is 0 Å². The van der Waals surface area contributed by atoms with Crippen molar-refractivity contribution in [3.63, 3.8) is 0 Å². The molecule has 0 spiro atoms. The minimum Gasteiger partial charge on any atom is -0.478 e. The maximum Gasteiger partial charge on any atom is 0.336 e. The summed E-state index contributed by atoms with van der Waals surface area (Å²) in [5, 5.41) is 18.0. The van der Waals surface area contributed by atoms with Crippen molar-refractivity contribution in [2.24, 2.45) is 0 Å². The van der Waals surface area contributed by atoms with Gasteiger partial charge < -0.3 is 10.2 Å². The molecule has 142 valence electrons. The molecule has 27 heavy (non-hydrogen) atoms. The monoisotopic (exact) mass is 470 g/mol. The van der Waals surface area contributed by atoms with Crippen LogP contribution in [0.4, 0.5) is 0 Å². The fourth-order valence-electron chi connectivity index (χ4n) is 3.08. The van der Waals surface area contributed by atoms with Crippen LogP contribution in [0.25, 0.3) is 0 Å². The van der Waals surface area contributed by atoms with Crippen molar-refractivity contribution < 1.29 is 47.1 Å². The Hall–Kier alpha value is -1.70. The molecule has 0 aliphatic heterocycles. The second-order valence-electron chi connectivity index (χ2n) is 6.88. The largest absolute Gasteiger partial charge is 0.478 e. The summed E-state index contributed by atoms with van der Waals surface area (Å²) in [4.78, 5) is 21.9. The zero-order chi connectivity index (χ0) is 20.3. The molecule has 0 aliphatic rings. The third-order valence-corrected chi connectivity index (χ3v) is 5.16. The number of hydrogen-bond donors (Lipinski definition) is 2. The van der Waals surface area contributed by atoms with Crippen molar-refractivity contribution in [2.75, 3.05) is 0 Å². The summed E-state index contributed by atoms with van der Waals surface area (Å²) in [6.07, 6.45) is 0. The fourth-order valence-corrected chi connectivity index (χ4v) is 3.08. The summed E-state index contributed by atoms with van der Waals surface area (Å²) in [6.45, 7) is 15.2. The first-order valence-corrected chi connectivity index (χ1v) is 8.51. The molecule has 0 atom stereocenters. The maximum absolute atomic E-state index is 10.9. The molecule has 0 saturated heterocycles. The Balaban J connectivity index is 0.000000483. The molecular formula is C22H28CdO4. The standard InChI is InChI=1S/2C11H14O2.Cd/c2*1-6-5-7(2)9(4)10(8(6)3)11(12)13;/h2*5H,1-4H3,(H,12,13);. The average molecular weight is 469 g/mol. The van der Waals surface area contributed by atoms with Crippen LogP contribution in [0.5, 0.6) is 0 Å². The second kappa shape index (κ2) is 10.0. The van der Waals surface area contributed by atoms with Gasteiger partial charge in [-0.05, 0) is 99.9 Å². The van der Waals surface area contributed by atoms with Crippen molar-refractivity contribution in [3.05, 3.63) is 67.8 Å². The molecule has 2 rings (SSSR count). The van der Waals surface area contributed by atoms with E-state index in [1.807, 2.05) is 67.5 Å². The summed E-state index contributed by atoms with van der Waals surface area (Å²) in [7, 11) is 0. The molecule has 0 aliphatic carbocycles. The van der Waals surface area contributed by atoms with Crippen molar-refractivity contribution >= 4 is 11.9 Å². The van der Waals surface area contributed by atoms with Crippen LogP contribution in [0.3, 0.4) is 0 Å². The molecule has 0 fully saturated rings. The second-order valence-corrected chi connectivity index (χ2v) is 6.88. The van der Waals surface area contributed by atoms with Gasteiger partial charge >= 0.3 is 11.9 Å². The molecule has 0 unspecified atom stereocenters. The number of carboxylic acid groups (broad SMARTS) is 2. The zero-order valence-corrected chi connectivity index (χ0v) is 21.6. The third-order valence-electron chi connectivity index (χ3n) is 5.16. The van der Waals surface area contributed by atoms with Crippen molar-refractivity contribution in [1.82, 2.24) is 0 Å². The molecule has 0 bridgehead atoms. The fraction of sp³-hybridized carbons (Fsp3) is 0.364. The third kappa shape index (κ3) is 5.64. The van der Waals surface area contributed by atoms with Gasteiger partial charge in [-0.3, -0.25) is 0 Å². The summed E-state index contributed by atoms with van der Waals surface area (Å²) >= 11 is 0. The van der Waals surface area contributed by atoms with Crippen LogP contribution in [0, 0.1) is 55.4 Å². The first-order chi connectivity index (χ1) is 11.9. The topological polar surface area (TPSA) is 74.6 Å². The van der Waals surface area contributed by atoms with E-state index in [4.69, 9.17) is 10.2 Å². The van der Waals surface area contributed by atoms with E-state index >= 15 is 0 Å². The first kappa shape index (κ1) is 25.3. The van der Waals surface area contributed by atoms with Gasteiger partial charge in [-0.1, -0.05) is 12.1 Å². The van der Waals surface area contributed by atoms with Gasteiger partial charge in [0.25, 0.3) is 0 Å². The number of carboxylic acids is 2. The van der Waals surface area contributed by atoms with Crippen LogP contribution in [0.2, 0.25) is 0 Å². The Morgan fingerprint density at radius 3 is 0.889 bits per heavy atom. The van der Waals surface area contributed by atoms with E-state index in [0.717, 1.165) is 44.5 Å². The molecular weight excluding hydrogens is 441 g/mol. The number of aromatic carboxylic acids is 2. The Morgan fingerprint density at radius 1 is 0.556 bits per heavy atom. The number of hydrogen-bond acceptors (Lipinski definition) is 2. The Labute approximate surface area is 181 Å². The number of carbonyl (C=O) groups is 2. The predicted octanol–water partition coefficient (Wildman–Crippen LogP) is 5.23.